The number of ketones is 1. The Balaban J connectivity index is 1.66. The largest absolute Gasteiger partial charge is 0.496 e. The molecule has 3 rings (SSSR count). The van der Waals surface area contributed by atoms with Gasteiger partial charge in [0.25, 0.3) is 0 Å². The molecule has 0 atom stereocenters. The van der Waals surface area contributed by atoms with Crippen molar-refractivity contribution in [2.75, 3.05) is 7.11 Å². The Morgan fingerprint density at radius 2 is 2.08 bits per heavy atom. The molecule has 0 aliphatic rings. The predicted octanol–water partition coefficient (Wildman–Crippen LogP) is 3.09. The molecular formula is C19H18N2O5. The van der Waals surface area contributed by atoms with E-state index in [0.717, 1.165) is 0 Å². The number of hydrogen-bond acceptors (Lipinski definition) is 6. The molecule has 0 spiro atoms. The summed E-state index contributed by atoms with van der Waals surface area (Å²) in [7, 11) is 1.52. The molecule has 0 aliphatic heterocycles. The number of benzene rings is 1. The van der Waals surface area contributed by atoms with Crippen molar-refractivity contribution in [3.63, 3.8) is 0 Å². The van der Waals surface area contributed by atoms with E-state index < -0.39 is 5.97 Å². The average Bonchev–Trinajstić information content (AvgIpc) is 3.31. The third-order valence-electron chi connectivity index (χ3n) is 3.79. The minimum absolute atomic E-state index is 0.0294. The molecule has 0 amide bonds. The summed E-state index contributed by atoms with van der Waals surface area (Å²) in [5.74, 6) is 0.578. The number of furan rings is 1. The Morgan fingerprint density at radius 3 is 2.77 bits per heavy atom. The molecule has 0 bridgehead atoms. The molecule has 0 unspecified atom stereocenters. The van der Waals surface area contributed by atoms with Crippen molar-refractivity contribution in [1.29, 1.82) is 0 Å². The van der Waals surface area contributed by atoms with Gasteiger partial charge in [-0.25, -0.2) is 4.79 Å². The summed E-state index contributed by atoms with van der Waals surface area (Å²) >= 11 is 0. The summed E-state index contributed by atoms with van der Waals surface area (Å²) in [6, 6.07) is 10.1. The number of carbonyl (C=O) groups excluding carboxylic acids is 2. The van der Waals surface area contributed by atoms with E-state index in [0.29, 0.717) is 29.2 Å². The standard InChI is InChI=1S/C19H18N2O5/c1-13(22)14-4-6-17(24-2)15(10-14)12-25-19(23)18-7-5-16(26-18)11-21-9-3-8-20-21/h3-10H,11-12H2,1-2H3. The van der Waals surface area contributed by atoms with Gasteiger partial charge in [0.05, 0.1) is 13.7 Å². The van der Waals surface area contributed by atoms with Crippen molar-refractivity contribution in [3.05, 3.63) is 71.4 Å². The van der Waals surface area contributed by atoms with Gasteiger partial charge in [0, 0.05) is 23.5 Å². The third-order valence-corrected chi connectivity index (χ3v) is 3.79. The summed E-state index contributed by atoms with van der Waals surface area (Å²) < 4.78 is 17.7. The molecule has 0 N–H and O–H groups in total. The highest BCUT2D eigenvalue weighted by Gasteiger charge is 2.15. The Bertz CT molecular complexity index is 912. The molecule has 134 valence electrons. The maximum Gasteiger partial charge on any atom is 0.374 e. The normalized spacial score (nSPS) is 10.5. The van der Waals surface area contributed by atoms with E-state index >= 15 is 0 Å². The second-order valence-corrected chi connectivity index (χ2v) is 5.63. The van der Waals surface area contributed by atoms with Crippen molar-refractivity contribution >= 4 is 11.8 Å². The van der Waals surface area contributed by atoms with E-state index in [2.05, 4.69) is 5.10 Å². The summed E-state index contributed by atoms with van der Waals surface area (Å²) in [4.78, 5) is 23.7. The van der Waals surface area contributed by atoms with Crippen LogP contribution in [0.15, 0.2) is 53.2 Å². The van der Waals surface area contributed by atoms with Gasteiger partial charge in [-0.2, -0.15) is 5.10 Å². The Labute approximate surface area is 150 Å². The molecule has 1 aromatic carbocycles. The van der Waals surface area contributed by atoms with Crippen molar-refractivity contribution in [2.24, 2.45) is 0 Å². The molecular weight excluding hydrogens is 336 g/mol. The van der Waals surface area contributed by atoms with E-state index in [-0.39, 0.29) is 18.2 Å². The quantitative estimate of drug-likeness (QED) is 0.479. The summed E-state index contributed by atoms with van der Waals surface area (Å²) in [6.45, 7) is 1.87. The second kappa shape index (κ2) is 7.69. The molecule has 0 aliphatic carbocycles. The van der Waals surface area contributed by atoms with E-state index in [1.807, 2.05) is 0 Å². The van der Waals surface area contributed by atoms with Gasteiger partial charge in [-0.15, -0.1) is 0 Å². The maximum absolute atomic E-state index is 12.2. The first-order valence-electron chi connectivity index (χ1n) is 7.98. The average molecular weight is 354 g/mol. The first-order valence-corrected chi connectivity index (χ1v) is 7.98. The van der Waals surface area contributed by atoms with Crippen molar-refractivity contribution in [1.82, 2.24) is 9.78 Å². The van der Waals surface area contributed by atoms with Crippen molar-refractivity contribution < 1.29 is 23.5 Å². The van der Waals surface area contributed by atoms with Crippen LogP contribution in [0.2, 0.25) is 0 Å². The van der Waals surface area contributed by atoms with Gasteiger partial charge in [-0.1, -0.05) is 0 Å². The minimum atomic E-state index is -0.591. The number of carbonyl (C=O) groups is 2. The van der Waals surface area contributed by atoms with E-state index in [4.69, 9.17) is 13.9 Å². The lowest BCUT2D eigenvalue weighted by molar-refractivity contribution is 0.0431. The predicted molar refractivity (Wildman–Crippen MR) is 92.2 cm³/mol. The number of hydrogen-bond donors (Lipinski definition) is 0. The first-order chi connectivity index (χ1) is 12.6. The van der Waals surface area contributed by atoms with Gasteiger partial charge in [-0.05, 0) is 43.3 Å². The first kappa shape index (κ1) is 17.5. The van der Waals surface area contributed by atoms with Crippen LogP contribution >= 0.6 is 0 Å². The Morgan fingerprint density at radius 1 is 1.23 bits per heavy atom. The zero-order chi connectivity index (χ0) is 18.5. The summed E-state index contributed by atoms with van der Waals surface area (Å²) in [6.07, 6.45) is 3.47. The van der Waals surface area contributed by atoms with Crippen LogP contribution in [-0.4, -0.2) is 28.6 Å². The Hall–Kier alpha value is -3.35. The molecule has 0 saturated heterocycles. The fourth-order valence-corrected chi connectivity index (χ4v) is 2.45. The summed E-state index contributed by atoms with van der Waals surface area (Å²) in [5.41, 5.74) is 1.13. The van der Waals surface area contributed by atoms with Gasteiger partial charge in [0.15, 0.2) is 5.78 Å². The van der Waals surface area contributed by atoms with Crippen LogP contribution in [0.1, 0.15) is 39.2 Å². The molecule has 0 fully saturated rings. The van der Waals surface area contributed by atoms with Crippen molar-refractivity contribution in [3.8, 4) is 5.75 Å². The minimum Gasteiger partial charge on any atom is -0.496 e. The SMILES string of the molecule is COc1ccc(C(C)=O)cc1COC(=O)c1ccc(Cn2cccn2)o1. The number of nitrogens with zero attached hydrogens (tertiary/aromatic N) is 2. The number of esters is 1. The molecule has 0 saturated carbocycles. The highest BCUT2D eigenvalue weighted by molar-refractivity contribution is 5.94. The van der Waals surface area contributed by atoms with Crippen LogP contribution in [0.5, 0.6) is 5.75 Å². The number of ether oxygens (including phenoxy) is 2. The van der Waals surface area contributed by atoms with Crippen molar-refractivity contribution in [2.45, 2.75) is 20.1 Å². The number of Topliss-reactive ketones (excluding diaryl/α,β-unsaturated/α-hetero) is 1. The molecule has 0 radical (unpaired) electrons. The lowest BCUT2D eigenvalue weighted by Gasteiger charge is -2.10. The second-order valence-electron chi connectivity index (χ2n) is 5.63. The third kappa shape index (κ3) is 4.00. The zero-order valence-electron chi connectivity index (χ0n) is 14.5. The molecule has 7 heteroatoms. The van der Waals surface area contributed by atoms with E-state index in [1.165, 1.54) is 14.0 Å². The van der Waals surface area contributed by atoms with Gasteiger partial charge >= 0.3 is 5.97 Å². The van der Waals surface area contributed by atoms with Crippen LogP contribution < -0.4 is 4.74 Å². The molecule has 3 aromatic rings. The highest BCUT2D eigenvalue weighted by Crippen LogP contribution is 2.22. The molecule has 2 aromatic heterocycles. The van der Waals surface area contributed by atoms with Gasteiger partial charge in [0.2, 0.25) is 5.76 Å². The summed E-state index contributed by atoms with van der Waals surface area (Å²) in [5, 5.41) is 4.08. The Kier molecular flexibility index (Phi) is 5.17. The van der Waals surface area contributed by atoms with Gasteiger partial charge in [0.1, 0.15) is 18.1 Å². The van der Waals surface area contributed by atoms with Crippen LogP contribution in [0.3, 0.4) is 0 Å². The number of rotatable bonds is 7. The smallest absolute Gasteiger partial charge is 0.374 e. The lowest BCUT2D eigenvalue weighted by atomic mass is 10.1. The lowest BCUT2D eigenvalue weighted by Crippen LogP contribution is -2.06. The fraction of sp³-hybridized carbons (Fsp3) is 0.211. The van der Waals surface area contributed by atoms with Crippen LogP contribution in [-0.2, 0) is 17.9 Å². The van der Waals surface area contributed by atoms with Crippen LogP contribution in [0.25, 0.3) is 0 Å². The molecule has 2 heterocycles. The van der Waals surface area contributed by atoms with Crippen LogP contribution in [0, 0.1) is 0 Å². The van der Waals surface area contributed by atoms with E-state index in [9.17, 15) is 9.59 Å². The molecule has 26 heavy (non-hydrogen) atoms. The van der Waals surface area contributed by atoms with Crippen LogP contribution in [0.4, 0.5) is 0 Å². The monoisotopic (exact) mass is 354 g/mol. The number of methoxy groups -OCH3 is 1. The maximum atomic E-state index is 12.2. The zero-order valence-corrected chi connectivity index (χ0v) is 14.5. The van der Waals surface area contributed by atoms with Gasteiger partial charge < -0.3 is 13.9 Å². The number of aromatic nitrogens is 2. The highest BCUT2D eigenvalue weighted by atomic mass is 16.5. The molecule has 7 nitrogen and oxygen atoms in total. The topological polar surface area (TPSA) is 83.6 Å². The fourth-order valence-electron chi connectivity index (χ4n) is 2.45. The van der Waals surface area contributed by atoms with Gasteiger partial charge in [-0.3, -0.25) is 9.48 Å². The van der Waals surface area contributed by atoms with E-state index in [1.54, 1.807) is 53.5 Å².